The van der Waals surface area contributed by atoms with E-state index in [-0.39, 0.29) is 0 Å². The molecule has 5 nitrogen and oxygen atoms in total. The Balaban J connectivity index is 1.62. The number of hydrogen-bond acceptors (Lipinski definition) is 6. The molecule has 1 aromatic heterocycles. The van der Waals surface area contributed by atoms with Crippen LogP contribution in [-0.4, -0.2) is 21.8 Å². The number of fused-ring (bicyclic) bond motifs is 1. The van der Waals surface area contributed by atoms with E-state index in [1.54, 1.807) is 30.0 Å². The van der Waals surface area contributed by atoms with Crippen molar-refractivity contribution in [3.8, 4) is 11.5 Å². The van der Waals surface area contributed by atoms with Crippen LogP contribution in [0.2, 0.25) is 0 Å². The van der Waals surface area contributed by atoms with Crippen LogP contribution < -0.4 is 16.2 Å². The molecule has 3 aromatic rings. The minimum Gasteiger partial charge on any atom is -0.457 e. The second-order valence-electron chi connectivity index (χ2n) is 6.04. The number of nitrogen functional groups attached to an aromatic ring is 2. The zero-order valence-corrected chi connectivity index (χ0v) is 14.6. The molecule has 0 radical (unpaired) electrons. The Labute approximate surface area is 150 Å². The summed E-state index contributed by atoms with van der Waals surface area (Å²) in [5.41, 5.74) is 14.5. The molecule has 2 heterocycles. The Bertz CT molecular complexity index is 986. The number of ether oxygens (including phenoxy) is 1. The van der Waals surface area contributed by atoms with Crippen molar-refractivity contribution in [2.45, 2.75) is 13.0 Å². The molecule has 25 heavy (non-hydrogen) atoms. The lowest BCUT2D eigenvalue weighted by atomic mass is 10.2. The highest BCUT2D eigenvalue weighted by Crippen LogP contribution is 2.29. The van der Waals surface area contributed by atoms with Gasteiger partial charge in [-0.25, -0.2) is 4.98 Å². The van der Waals surface area contributed by atoms with Crippen LogP contribution in [0.3, 0.4) is 0 Å². The molecule has 1 atom stereocenters. The quantitative estimate of drug-likeness (QED) is 0.695. The van der Waals surface area contributed by atoms with E-state index in [2.05, 4.69) is 11.9 Å². The van der Waals surface area contributed by atoms with Crippen molar-refractivity contribution in [3.63, 3.8) is 0 Å². The first kappa shape index (κ1) is 15.8. The van der Waals surface area contributed by atoms with Crippen molar-refractivity contribution < 1.29 is 4.74 Å². The smallest absolute Gasteiger partial charge is 0.129 e. The summed E-state index contributed by atoms with van der Waals surface area (Å²) < 4.78 is 5.88. The fourth-order valence-electron chi connectivity index (χ4n) is 2.65. The number of rotatable bonds is 3. The third kappa shape index (κ3) is 3.25. The van der Waals surface area contributed by atoms with Crippen LogP contribution in [0.4, 0.5) is 11.4 Å². The van der Waals surface area contributed by atoms with Gasteiger partial charge in [-0.05, 0) is 43.3 Å². The molecule has 1 aliphatic heterocycles. The molecule has 0 amide bonds. The van der Waals surface area contributed by atoms with Gasteiger partial charge in [0.2, 0.25) is 0 Å². The highest BCUT2D eigenvalue weighted by atomic mass is 32.2. The summed E-state index contributed by atoms with van der Waals surface area (Å²) in [6.45, 7) is 2.12. The second-order valence-corrected chi connectivity index (χ2v) is 7.05. The molecular weight excluding hydrogens is 332 g/mol. The Morgan fingerprint density at radius 2 is 1.80 bits per heavy atom. The molecule has 0 aliphatic carbocycles. The van der Waals surface area contributed by atoms with E-state index in [0.29, 0.717) is 23.2 Å². The third-order valence-corrected chi connectivity index (χ3v) is 5.21. The number of aromatic nitrogens is 1. The van der Waals surface area contributed by atoms with Crippen LogP contribution in [0, 0.1) is 0 Å². The average Bonchev–Trinajstić information content (AvgIpc) is 3.04. The second kappa shape index (κ2) is 6.29. The molecule has 0 saturated heterocycles. The zero-order valence-electron chi connectivity index (χ0n) is 13.8. The summed E-state index contributed by atoms with van der Waals surface area (Å²) in [5.74, 6) is 2.40. The van der Waals surface area contributed by atoms with Gasteiger partial charge >= 0.3 is 0 Å². The number of benzene rings is 2. The Hall–Kier alpha value is -2.73. The number of pyridine rings is 1. The summed E-state index contributed by atoms with van der Waals surface area (Å²) in [5, 5.41) is 2.04. The van der Waals surface area contributed by atoms with Crippen molar-refractivity contribution in [3.05, 3.63) is 54.2 Å². The molecule has 2 aromatic carbocycles. The van der Waals surface area contributed by atoms with Gasteiger partial charge in [-0.2, -0.15) is 0 Å². The Morgan fingerprint density at radius 1 is 1.00 bits per heavy atom. The minimum atomic E-state index is 0.362. The van der Waals surface area contributed by atoms with Gasteiger partial charge in [0.1, 0.15) is 16.5 Å². The van der Waals surface area contributed by atoms with Gasteiger partial charge in [-0.3, -0.25) is 4.99 Å². The molecule has 1 aliphatic rings. The number of nitrogens with two attached hydrogens (primary N) is 2. The van der Waals surface area contributed by atoms with Gasteiger partial charge in [-0.1, -0.05) is 6.07 Å². The highest BCUT2D eigenvalue weighted by Gasteiger charge is 2.16. The SMILES string of the molecule is C[C@H]1CSC(c2ccc3cc(Oc4ccc(N)c(N)c4)ccc3n2)=N1. The highest BCUT2D eigenvalue weighted by molar-refractivity contribution is 8.14. The average molecular weight is 350 g/mol. The summed E-state index contributed by atoms with van der Waals surface area (Å²) in [6.07, 6.45) is 0. The fourth-order valence-corrected chi connectivity index (χ4v) is 3.64. The monoisotopic (exact) mass is 350 g/mol. The first-order chi connectivity index (χ1) is 12.1. The van der Waals surface area contributed by atoms with Crippen molar-refractivity contribution in [1.82, 2.24) is 4.98 Å². The normalized spacial score (nSPS) is 16.8. The zero-order chi connectivity index (χ0) is 17.4. The van der Waals surface area contributed by atoms with Crippen molar-refractivity contribution >= 4 is 39.1 Å². The van der Waals surface area contributed by atoms with Crippen molar-refractivity contribution in [2.24, 2.45) is 4.99 Å². The molecule has 0 unspecified atom stereocenters. The number of anilines is 2. The van der Waals surface area contributed by atoms with Gasteiger partial charge in [0.25, 0.3) is 0 Å². The number of aliphatic imine (C=N–C) groups is 1. The molecule has 4 rings (SSSR count). The Morgan fingerprint density at radius 3 is 2.56 bits per heavy atom. The summed E-state index contributed by atoms with van der Waals surface area (Å²) >= 11 is 1.76. The maximum atomic E-state index is 5.88. The largest absolute Gasteiger partial charge is 0.457 e. The van der Waals surface area contributed by atoms with E-state index in [0.717, 1.165) is 33.1 Å². The molecule has 4 N–H and O–H groups in total. The van der Waals surface area contributed by atoms with Gasteiger partial charge < -0.3 is 16.2 Å². The lowest BCUT2D eigenvalue weighted by molar-refractivity contribution is 0.484. The summed E-state index contributed by atoms with van der Waals surface area (Å²) in [6, 6.07) is 15.5. The lowest BCUT2D eigenvalue weighted by Gasteiger charge is -2.09. The van der Waals surface area contributed by atoms with E-state index in [1.807, 2.05) is 30.3 Å². The maximum absolute atomic E-state index is 5.88. The molecule has 6 heteroatoms. The van der Waals surface area contributed by atoms with Crippen LogP contribution in [0.15, 0.2) is 53.5 Å². The summed E-state index contributed by atoms with van der Waals surface area (Å²) in [4.78, 5) is 9.35. The van der Waals surface area contributed by atoms with E-state index < -0.39 is 0 Å². The van der Waals surface area contributed by atoms with Gasteiger partial charge in [-0.15, -0.1) is 11.8 Å². The molecule has 0 saturated carbocycles. The van der Waals surface area contributed by atoms with E-state index >= 15 is 0 Å². The topological polar surface area (TPSA) is 86.5 Å². The fraction of sp³-hybridized carbons (Fsp3) is 0.158. The molecule has 0 spiro atoms. The van der Waals surface area contributed by atoms with Crippen LogP contribution in [-0.2, 0) is 0 Å². The molecule has 126 valence electrons. The predicted molar refractivity (Wildman–Crippen MR) is 106 cm³/mol. The van der Waals surface area contributed by atoms with Gasteiger partial charge in [0.05, 0.1) is 28.6 Å². The number of hydrogen-bond donors (Lipinski definition) is 2. The van der Waals surface area contributed by atoms with E-state index in [1.165, 1.54) is 0 Å². The third-order valence-electron chi connectivity index (χ3n) is 3.97. The lowest BCUT2D eigenvalue weighted by Crippen LogP contribution is -1.97. The van der Waals surface area contributed by atoms with Crippen LogP contribution >= 0.6 is 11.8 Å². The minimum absolute atomic E-state index is 0.362. The number of thioether (sulfide) groups is 1. The summed E-state index contributed by atoms with van der Waals surface area (Å²) in [7, 11) is 0. The first-order valence-electron chi connectivity index (χ1n) is 8.03. The molecule has 0 fully saturated rings. The van der Waals surface area contributed by atoms with Crippen molar-refractivity contribution in [1.29, 1.82) is 0 Å². The Kier molecular flexibility index (Phi) is 3.97. The maximum Gasteiger partial charge on any atom is 0.129 e. The standard InChI is InChI=1S/C19H18N4OS/c1-11-10-25-19(22-11)18-6-2-12-8-13(4-7-17(12)23-18)24-14-3-5-15(20)16(21)9-14/h2-9,11H,10,20-21H2,1H3/t11-/m0/s1. The van der Waals surface area contributed by atoms with E-state index in [4.69, 9.17) is 21.2 Å². The van der Waals surface area contributed by atoms with E-state index in [9.17, 15) is 0 Å². The van der Waals surface area contributed by atoms with Crippen molar-refractivity contribution in [2.75, 3.05) is 17.2 Å². The van der Waals surface area contributed by atoms with Crippen LogP contribution in [0.25, 0.3) is 10.9 Å². The van der Waals surface area contributed by atoms with Crippen LogP contribution in [0.1, 0.15) is 12.6 Å². The predicted octanol–water partition coefficient (Wildman–Crippen LogP) is 4.07. The number of nitrogens with zero attached hydrogens (tertiary/aromatic N) is 2. The molecular formula is C19H18N4OS. The van der Waals surface area contributed by atoms with Crippen LogP contribution in [0.5, 0.6) is 11.5 Å². The molecule has 0 bridgehead atoms. The van der Waals surface area contributed by atoms with Gasteiger partial charge in [0, 0.05) is 17.2 Å². The first-order valence-corrected chi connectivity index (χ1v) is 9.02. The van der Waals surface area contributed by atoms with Gasteiger partial charge in [0.15, 0.2) is 0 Å².